The van der Waals surface area contributed by atoms with E-state index in [1.807, 2.05) is 0 Å². The van der Waals surface area contributed by atoms with Crippen molar-refractivity contribution in [3.05, 3.63) is 151 Å². The van der Waals surface area contributed by atoms with Crippen LogP contribution in [0.2, 0.25) is 0 Å². The molecule has 1 N–H and O–H groups in total. The van der Waals surface area contributed by atoms with Crippen molar-refractivity contribution in [2.75, 3.05) is 4.90 Å². The van der Waals surface area contributed by atoms with E-state index in [0.717, 1.165) is 0 Å². The largest absolute Gasteiger partial charge is 0.355 e. The van der Waals surface area contributed by atoms with Crippen LogP contribution in [0.15, 0.2) is 140 Å². The smallest absolute Gasteiger partial charge is 0.0635 e. The highest BCUT2D eigenvalue weighted by molar-refractivity contribution is 6.08. The number of hydrogen-bond donors (Lipinski definition) is 1. The fraction of sp³-hybridized carbons (Fsp3) is 0.0556. The average molecular weight is 487 g/mol. The molecule has 2 atom stereocenters. The maximum Gasteiger partial charge on any atom is 0.0635 e. The van der Waals surface area contributed by atoms with E-state index in [0.29, 0.717) is 5.92 Å². The molecule has 1 aliphatic heterocycles. The Morgan fingerprint density at radius 1 is 0.579 bits per heavy atom. The molecule has 1 aromatic heterocycles. The zero-order chi connectivity index (χ0) is 25.1. The molecule has 2 nitrogen and oxygen atoms in total. The van der Waals surface area contributed by atoms with Crippen molar-refractivity contribution in [2.45, 2.75) is 12.0 Å². The van der Waals surface area contributed by atoms with Gasteiger partial charge in [0.15, 0.2) is 0 Å². The third-order valence-electron chi connectivity index (χ3n) is 8.15. The summed E-state index contributed by atoms with van der Waals surface area (Å²) in [4.78, 5) is 6.07. The number of aromatic nitrogens is 1. The molecule has 5 aromatic carbocycles. The van der Waals surface area contributed by atoms with E-state index in [4.69, 9.17) is 0 Å². The highest BCUT2D eigenvalue weighted by atomic mass is 15.2. The topological polar surface area (TPSA) is 19.0 Å². The molecule has 0 radical (unpaired) electrons. The Hall–Kier alpha value is -4.82. The number of H-pyrrole nitrogens is 1. The quantitative estimate of drug-likeness (QED) is 0.264. The van der Waals surface area contributed by atoms with Gasteiger partial charge >= 0.3 is 0 Å². The molecule has 2 aliphatic rings. The van der Waals surface area contributed by atoms with Gasteiger partial charge in [0.25, 0.3) is 0 Å². The van der Waals surface area contributed by atoms with Crippen molar-refractivity contribution in [1.29, 1.82) is 0 Å². The number of benzene rings is 5. The molecular formula is C36H26N2. The molecule has 0 amide bonds. The molecule has 8 rings (SSSR count). The number of para-hydroxylation sites is 2. The third kappa shape index (κ3) is 3.27. The fourth-order valence-corrected chi connectivity index (χ4v) is 6.31. The molecule has 2 unspecified atom stereocenters. The molecule has 6 aromatic rings. The minimum absolute atomic E-state index is 0.230. The fourth-order valence-electron chi connectivity index (χ4n) is 6.31. The number of nitrogens with zero attached hydrogens (tertiary/aromatic N) is 1. The average Bonchev–Trinajstić information content (AvgIpc) is 3.52. The van der Waals surface area contributed by atoms with Gasteiger partial charge in [-0.3, -0.25) is 0 Å². The lowest BCUT2D eigenvalue weighted by Crippen LogP contribution is -2.29. The first-order chi connectivity index (χ1) is 18.8. The zero-order valence-corrected chi connectivity index (χ0v) is 20.9. The summed E-state index contributed by atoms with van der Waals surface area (Å²) in [6.07, 6.45) is 7.18. The lowest BCUT2D eigenvalue weighted by atomic mass is 9.86. The summed E-state index contributed by atoms with van der Waals surface area (Å²) in [7, 11) is 0. The number of allylic oxidation sites excluding steroid dienone is 2. The van der Waals surface area contributed by atoms with Gasteiger partial charge < -0.3 is 9.88 Å². The highest BCUT2D eigenvalue weighted by Gasteiger charge is 2.38. The second kappa shape index (κ2) is 8.36. The monoisotopic (exact) mass is 486 g/mol. The van der Waals surface area contributed by atoms with Crippen LogP contribution in [0.4, 0.5) is 11.4 Å². The Balaban J connectivity index is 1.21. The molecule has 0 bridgehead atoms. The van der Waals surface area contributed by atoms with E-state index in [1.54, 1.807) is 0 Å². The van der Waals surface area contributed by atoms with E-state index in [2.05, 4.69) is 149 Å². The summed E-state index contributed by atoms with van der Waals surface area (Å²) in [5.41, 5.74) is 11.3. The summed E-state index contributed by atoms with van der Waals surface area (Å²) in [6, 6.07) is 44.1. The lowest BCUT2D eigenvalue weighted by Gasteiger charge is -2.30. The molecule has 0 saturated carbocycles. The van der Waals surface area contributed by atoms with Crippen LogP contribution in [0.1, 0.15) is 17.0 Å². The Bertz CT molecular complexity index is 1870. The van der Waals surface area contributed by atoms with E-state index in [-0.39, 0.29) is 6.04 Å². The van der Waals surface area contributed by atoms with Crippen LogP contribution in [0.3, 0.4) is 0 Å². The van der Waals surface area contributed by atoms with Crippen LogP contribution in [-0.4, -0.2) is 11.0 Å². The van der Waals surface area contributed by atoms with Crippen molar-refractivity contribution in [2.24, 2.45) is 0 Å². The lowest BCUT2D eigenvalue weighted by molar-refractivity contribution is 0.747. The second-order valence-electron chi connectivity index (χ2n) is 10.3. The minimum Gasteiger partial charge on any atom is -0.355 e. The van der Waals surface area contributed by atoms with Gasteiger partial charge in [0.05, 0.1) is 6.04 Å². The van der Waals surface area contributed by atoms with Crippen molar-refractivity contribution < 1.29 is 0 Å². The van der Waals surface area contributed by atoms with E-state index in [1.165, 1.54) is 61.0 Å². The van der Waals surface area contributed by atoms with E-state index in [9.17, 15) is 0 Å². The predicted octanol–water partition coefficient (Wildman–Crippen LogP) is 9.25. The summed E-state index contributed by atoms with van der Waals surface area (Å²) in [5.74, 6) is 0.334. The molecule has 2 heteroatoms. The molecular weight excluding hydrogens is 460 g/mol. The SMILES string of the molecule is C1=CC2c3ccccc3N(c3ccc(-c4ccccc4)cc3)C2C=C1c1ccc2[nH]c3ccccc3c2c1. The standard InChI is InChI=1S/C36H26N2/c1-2-8-24(9-3-1)25-14-18-28(19-15-25)38-35-13-7-5-11-30(35)31-20-16-27(23-36(31)38)26-17-21-34-32(22-26)29-10-4-6-12-33(29)37-34/h1-23,31,36-37H. The predicted molar refractivity (Wildman–Crippen MR) is 160 cm³/mol. The first kappa shape index (κ1) is 21.3. The van der Waals surface area contributed by atoms with Crippen LogP contribution in [0.5, 0.6) is 0 Å². The zero-order valence-electron chi connectivity index (χ0n) is 20.9. The van der Waals surface area contributed by atoms with Gasteiger partial charge in [-0.05, 0) is 64.2 Å². The molecule has 0 saturated heterocycles. The van der Waals surface area contributed by atoms with Crippen LogP contribution in [0, 0.1) is 0 Å². The van der Waals surface area contributed by atoms with Crippen molar-refractivity contribution in [1.82, 2.24) is 4.98 Å². The van der Waals surface area contributed by atoms with E-state index >= 15 is 0 Å². The van der Waals surface area contributed by atoms with Gasteiger partial charge in [0.1, 0.15) is 0 Å². The first-order valence-electron chi connectivity index (χ1n) is 13.3. The summed E-state index contributed by atoms with van der Waals surface area (Å²) < 4.78 is 0. The van der Waals surface area contributed by atoms with E-state index < -0.39 is 0 Å². The number of hydrogen-bond acceptors (Lipinski definition) is 1. The Labute approximate surface area is 222 Å². The van der Waals surface area contributed by atoms with Gasteiger partial charge in [-0.15, -0.1) is 0 Å². The molecule has 0 fully saturated rings. The second-order valence-corrected chi connectivity index (χ2v) is 10.3. The van der Waals surface area contributed by atoms with Crippen molar-refractivity contribution in [3.8, 4) is 11.1 Å². The van der Waals surface area contributed by atoms with Crippen molar-refractivity contribution in [3.63, 3.8) is 0 Å². The Morgan fingerprint density at radius 2 is 1.29 bits per heavy atom. The van der Waals surface area contributed by atoms with Gasteiger partial charge in [0.2, 0.25) is 0 Å². The van der Waals surface area contributed by atoms with Gasteiger partial charge in [-0.25, -0.2) is 0 Å². The number of rotatable bonds is 3. The number of nitrogens with one attached hydrogen (secondary N) is 1. The first-order valence-corrected chi connectivity index (χ1v) is 13.3. The van der Waals surface area contributed by atoms with Crippen LogP contribution in [0.25, 0.3) is 38.5 Å². The highest BCUT2D eigenvalue weighted by Crippen LogP contribution is 2.49. The summed E-state index contributed by atoms with van der Waals surface area (Å²) >= 11 is 0. The molecule has 0 spiro atoms. The van der Waals surface area contributed by atoms with Crippen molar-refractivity contribution >= 4 is 38.8 Å². The maximum absolute atomic E-state index is 3.56. The number of aromatic amines is 1. The summed E-state index contributed by atoms with van der Waals surface area (Å²) in [6.45, 7) is 0. The Morgan fingerprint density at radius 3 is 2.18 bits per heavy atom. The summed E-state index contributed by atoms with van der Waals surface area (Å²) in [5, 5.41) is 2.55. The van der Waals surface area contributed by atoms with Gasteiger partial charge in [0, 0.05) is 39.1 Å². The molecule has 180 valence electrons. The maximum atomic E-state index is 3.56. The normalized spacial score (nSPS) is 18.0. The Kier molecular flexibility index (Phi) is 4.68. The molecule has 2 heterocycles. The molecule has 1 aliphatic carbocycles. The van der Waals surface area contributed by atoms with Crippen LogP contribution in [-0.2, 0) is 0 Å². The third-order valence-corrected chi connectivity index (χ3v) is 8.15. The molecule has 38 heavy (non-hydrogen) atoms. The minimum atomic E-state index is 0.230. The van der Waals surface area contributed by atoms with Crippen LogP contribution < -0.4 is 4.90 Å². The van der Waals surface area contributed by atoms with Gasteiger partial charge in [-0.2, -0.15) is 0 Å². The number of anilines is 2. The van der Waals surface area contributed by atoms with Gasteiger partial charge in [-0.1, -0.05) is 103 Å². The van der Waals surface area contributed by atoms with Crippen LogP contribution >= 0.6 is 0 Å². The number of fused-ring (bicyclic) bond motifs is 6.